The van der Waals surface area contributed by atoms with Crippen LogP contribution in [0, 0.1) is 0 Å². The minimum Gasteiger partial charge on any atom is -0.493 e. The first-order valence-corrected chi connectivity index (χ1v) is 11.7. The molecule has 38 heavy (non-hydrogen) atoms. The van der Waals surface area contributed by atoms with Gasteiger partial charge in [0.15, 0.2) is 28.7 Å². The van der Waals surface area contributed by atoms with E-state index in [1.807, 2.05) is 41.1 Å². The summed E-state index contributed by atoms with van der Waals surface area (Å²) >= 11 is 0. The zero-order valence-electron chi connectivity index (χ0n) is 20.7. The Bertz CT molecular complexity index is 1640. The number of ether oxygens (including phenoxy) is 2. The van der Waals surface area contributed by atoms with Gasteiger partial charge in [-0.15, -0.1) is 0 Å². The van der Waals surface area contributed by atoms with E-state index in [4.69, 9.17) is 14.5 Å². The van der Waals surface area contributed by atoms with Crippen molar-refractivity contribution in [3.05, 3.63) is 102 Å². The second-order valence-corrected chi connectivity index (χ2v) is 8.51. The minimum atomic E-state index is -1.02. The van der Waals surface area contributed by atoms with E-state index in [0.29, 0.717) is 39.8 Å². The summed E-state index contributed by atoms with van der Waals surface area (Å²) in [4.78, 5) is 33.3. The van der Waals surface area contributed by atoms with Crippen LogP contribution >= 0.6 is 0 Å². The molecule has 2 aromatic heterocycles. The molecule has 190 valence electrons. The fourth-order valence-electron chi connectivity index (χ4n) is 4.13. The topological polar surface area (TPSA) is 115 Å². The first-order chi connectivity index (χ1) is 18.4. The van der Waals surface area contributed by atoms with Crippen molar-refractivity contribution in [3.63, 3.8) is 0 Å². The van der Waals surface area contributed by atoms with Gasteiger partial charge in [0.05, 0.1) is 25.5 Å². The molecule has 0 aliphatic rings. The highest BCUT2D eigenvalue weighted by Crippen LogP contribution is 2.32. The predicted molar refractivity (Wildman–Crippen MR) is 143 cm³/mol. The molecule has 5 rings (SSSR count). The Balaban J connectivity index is 1.40. The highest BCUT2D eigenvalue weighted by molar-refractivity contribution is 5.98. The number of carbonyl (C=O) groups is 2. The smallest absolute Gasteiger partial charge is 0.335 e. The highest BCUT2D eigenvalue weighted by Gasteiger charge is 2.13. The first kappa shape index (κ1) is 24.5. The van der Waals surface area contributed by atoms with Crippen LogP contribution in [-0.4, -0.2) is 45.4 Å². The van der Waals surface area contributed by atoms with Crippen molar-refractivity contribution in [3.8, 4) is 22.8 Å². The molecular weight excluding hydrogens is 484 g/mol. The van der Waals surface area contributed by atoms with Crippen LogP contribution in [0.25, 0.3) is 16.9 Å². The van der Waals surface area contributed by atoms with E-state index >= 15 is 0 Å². The Hall–Kier alpha value is -5.18. The number of benzene rings is 3. The van der Waals surface area contributed by atoms with Crippen LogP contribution in [0.2, 0.25) is 0 Å². The lowest BCUT2D eigenvalue weighted by Gasteiger charge is -2.13. The number of hydrogen-bond donors (Lipinski definition) is 2. The third-order valence-electron chi connectivity index (χ3n) is 6.06. The standard InChI is InChI=1S/C29H24N4O5/c1-37-25-11-10-22(16-26(25)38-2)31-27-28-30-12-13-33(28)17-23(32-27)19-6-8-20(9-7-19)24(34)15-18-4-3-5-21(14-18)29(35)36/h3-14,16-17H,15H2,1-2H3,(H,31,32)(H,35,36). The Morgan fingerprint density at radius 1 is 0.947 bits per heavy atom. The largest absolute Gasteiger partial charge is 0.493 e. The number of nitrogens with zero attached hydrogens (tertiary/aromatic N) is 3. The number of imidazole rings is 1. The van der Waals surface area contributed by atoms with Gasteiger partial charge in [-0.2, -0.15) is 0 Å². The molecule has 0 spiro atoms. The third kappa shape index (κ3) is 5.03. The van der Waals surface area contributed by atoms with Gasteiger partial charge < -0.3 is 24.3 Å². The SMILES string of the molecule is COc1ccc(Nc2nc(-c3ccc(C(=O)Cc4cccc(C(=O)O)c4)cc3)cn3ccnc23)cc1OC. The van der Waals surface area contributed by atoms with Gasteiger partial charge in [0.1, 0.15) is 0 Å². The molecule has 0 amide bonds. The van der Waals surface area contributed by atoms with E-state index in [-0.39, 0.29) is 17.8 Å². The Morgan fingerprint density at radius 2 is 1.74 bits per heavy atom. The number of carboxylic acids is 1. The maximum absolute atomic E-state index is 12.8. The van der Waals surface area contributed by atoms with Gasteiger partial charge in [-0.1, -0.05) is 36.4 Å². The number of aromatic carboxylic acids is 1. The first-order valence-electron chi connectivity index (χ1n) is 11.7. The van der Waals surface area contributed by atoms with E-state index in [1.54, 1.807) is 50.7 Å². The van der Waals surface area contributed by atoms with Gasteiger partial charge in [0.25, 0.3) is 0 Å². The number of aromatic nitrogens is 3. The average molecular weight is 509 g/mol. The summed E-state index contributed by atoms with van der Waals surface area (Å²) in [6.45, 7) is 0. The summed E-state index contributed by atoms with van der Waals surface area (Å²) in [5, 5.41) is 12.5. The monoisotopic (exact) mass is 508 g/mol. The van der Waals surface area contributed by atoms with Gasteiger partial charge in [0, 0.05) is 47.9 Å². The molecule has 5 aromatic rings. The molecule has 3 aromatic carbocycles. The Kier molecular flexibility index (Phi) is 6.73. The maximum Gasteiger partial charge on any atom is 0.335 e. The second kappa shape index (κ2) is 10.4. The van der Waals surface area contributed by atoms with E-state index in [0.717, 1.165) is 11.3 Å². The number of ketones is 1. The molecule has 0 aliphatic heterocycles. The second-order valence-electron chi connectivity index (χ2n) is 8.51. The molecule has 0 fully saturated rings. The summed E-state index contributed by atoms with van der Waals surface area (Å²) in [6.07, 6.45) is 5.51. The lowest BCUT2D eigenvalue weighted by Crippen LogP contribution is -2.05. The molecule has 0 bridgehead atoms. The zero-order chi connectivity index (χ0) is 26.6. The molecule has 0 aliphatic carbocycles. The number of fused-ring (bicyclic) bond motifs is 1. The number of rotatable bonds is 9. The van der Waals surface area contributed by atoms with Gasteiger partial charge in [0.2, 0.25) is 0 Å². The molecule has 0 radical (unpaired) electrons. The number of nitrogens with one attached hydrogen (secondary N) is 1. The van der Waals surface area contributed by atoms with E-state index < -0.39 is 5.97 Å². The van der Waals surface area contributed by atoms with E-state index in [9.17, 15) is 14.7 Å². The quantitative estimate of drug-likeness (QED) is 0.259. The summed E-state index contributed by atoms with van der Waals surface area (Å²) < 4.78 is 12.6. The van der Waals surface area contributed by atoms with Crippen molar-refractivity contribution < 1.29 is 24.2 Å². The van der Waals surface area contributed by atoms with Crippen LogP contribution in [0.4, 0.5) is 11.5 Å². The van der Waals surface area contributed by atoms with Crippen LogP contribution in [0.1, 0.15) is 26.3 Å². The molecule has 0 atom stereocenters. The number of carboxylic acid groups (broad SMARTS) is 1. The Labute approximate surface area is 218 Å². The van der Waals surface area contributed by atoms with Crippen molar-refractivity contribution in [2.24, 2.45) is 0 Å². The molecule has 9 heteroatoms. The van der Waals surface area contributed by atoms with Crippen molar-refractivity contribution >= 4 is 28.9 Å². The summed E-state index contributed by atoms with van der Waals surface area (Å²) in [5.74, 6) is 0.634. The fourth-order valence-corrected chi connectivity index (χ4v) is 4.13. The summed E-state index contributed by atoms with van der Waals surface area (Å²) in [6, 6.07) is 19.1. The van der Waals surface area contributed by atoms with Crippen molar-refractivity contribution in [1.82, 2.24) is 14.4 Å². The predicted octanol–water partition coefficient (Wildman–Crippen LogP) is 5.28. The number of carbonyl (C=O) groups excluding carboxylic acids is 1. The molecule has 2 heterocycles. The average Bonchev–Trinajstić information content (AvgIpc) is 3.42. The third-order valence-corrected chi connectivity index (χ3v) is 6.06. The summed E-state index contributed by atoms with van der Waals surface area (Å²) in [7, 11) is 3.16. The lowest BCUT2D eigenvalue weighted by molar-refractivity contribution is 0.0696. The number of anilines is 2. The van der Waals surface area contributed by atoms with E-state index in [2.05, 4.69) is 10.3 Å². The molecular formula is C29H24N4O5. The van der Waals surface area contributed by atoms with Crippen LogP contribution in [-0.2, 0) is 6.42 Å². The normalized spacial score (nSPS) is 10.8. The van der Waals surface area contributed by atoms with Gasteiger partial charge in [-0.05, 0) is 29.8 Å². The van der Waals surface area contributed by atoms with Crippen molar-refractivity contribution in [2.45, 2.75) is 6.42 Å². The molecule has 0 saturated heterocycles. The number of methoxy groups -OCH3 is 2. The number of Topliss-reactive ketones (excluding diaryl/α,β-unsaturated/α-hetero) is 1. The molecule has 0 saturated carbocycles. The maximum atomic E-state index is 12.8. The van der Waals surface area contributed by atoms with Gasteiger partial charge in [-0.3, -0.25) is 4.79 Å². The van der Waals surface area contributed by atoms with Crippen molar-refractivity contribution in [1.29, 1.82) is 0 Å². The van der Waals surface area contributed by atoms with Crippen LogP contribution in [0.5, 0.6) is 11.5 Å². The van der Waals surface area contributed by atoms with Gasteiger partial charge in [-0.25, -0.2) is 14.8 Å². The summed E-state index contributed by atoms with van der Waals surface area (Å²) in [5.41, 5.74) is 4.25. The molecule has 2 N–H and O–H groups in total. The fraction of sp³-hybridized carbons (Fsp3) is 0.103. The molecule has 9 nitrogen and oxygen atoms in total. The zero-order valence-corrected chi connectivity index (χ0v) is 20.7. The van der Waals surface area contributed by atoms with Crippen LogP contribution < -0.4 is 14.8 Å². The lowest BCUT2D eigenvalue weighted by atomic mass is 10.00. The Morgan fingerprint density at radius 3 is 2.47 bits per heavy atom. The van der Waals surface area contributed by atoms with E-state index in [1.165, 1.54) is 12.1 Å². The number of hydrogen-bond acceptors (Lipinski definition) is 7. The van der Waals surface area contributed by atoms with Crippen LogP contribution in [0.3, 0.4) is 0 Å². The molecule has 0 unspecified atom stereocenters. The minimum absolute atomic E-state index is 0.104. The van der Waals surface area contributed by atoms with Gasteiger partial charge >= 0.3 is 5.97 Å². The highest BCUT2D eigenvalue weighted by atomic mass is 16.5. The van der Waals surface area contributed by atoms with Crippen LogP contribution in [0.15, 0.2) is 85.3 Å². The van der Waals surface area contributed by atoms with Crippen molar-refractivity contribution in [2.75, 3.05) is 19.5 Å².